The molecule has 1 aromatic heterocycles. The summed E-state index contributed by atoms with van der Waals surface area (Å²) in [6.45, 7) is 0. The summed E-state index contributed by atoms with van der Waals surface area (Å²) >= 11 is 5.70. The van der Waals surface area contributed by atoms with Crippen LogP contribution in [0.3, 0.4) is 0 Å². The van der Waals surface area contributed by atoms with E-state index in [1.165, 1.54) is 11.8 Å². The van der Waals surface area contributed by atoms with Gasteiger partial charge in [0.25, 0.3) is 5.91 Å². The molecule has 0 bridgehead atoms. The summed E-state index contributed by atoms with van der Waals surface area (Å²) in [5.41, 5.74) is 4.33. The molecule has 2 aliphatic rings. The molecule has 0 radical (unpaired) electrons. The highest BCUT2D eigenvalue weighted by molar-refractivity contribution is 7.80. The first kappa shape index (κ1) is 23.8. The zero-order valence-corrected chi connectivity index (χ0v) is 21.0. The maximum atomic E-state index is 12.7. The fourth-order valence-corrected chi connectivity index (χ4v) is 5.07. The van der Waals surface area contributed by atoms with E-state index in [4.69, 9.17) is 31.2 Å². The number of methoxy groups -OCH3 is 2. The Balaban J connectivity index is 1.49. The number of benzene rings is 2. The van der Waals surface area contributed by atoms with E-state index in [0.717, 1.165) is 47.6 Å². The van der Waals surface area contributed by atoms with Crippen molar-refractivity contribution in [2.45, 2.75) is 25.3 Å². The van der Waals surface area contributed by atoms with E-state index < -0.39 is 5.91 Å². The number of rotatable bonds is 5. The Morgan fingerprint density at radius 1 is 1.08 bits per heavy atom. The van der Waals surface area contributed by atoms with E-state index in [0.29, 0.717) is 0 Å². The number of hydrogen-bond acceptors (Lipinski definition) is 6. The molecule has 1 aliphatic carbocycles. The smallest absolute Gasteiger partial charge is 0.293 e. The number of amides is 1. The molecule has 7 nitrogen and oxygen atoms in total. The molecular formula is C28H27N3O4S. The maximum absolute atomic E-state index is 12.7. The zero-order valence-electron chi connectivity index (χ0n) is 20.1. The van der Waals surface area contributed by atoms with Crippen molar-refractivity contribution in [3.8, 4) is 11.5 Å². The van der Waals surface area contributed by atoms with Crippen molar-refractivity contribution < 1.29 is 18.7 Å². The first-order chi connectivity index (χ1) is 17.6. The molecule has 0 saturated heterocycles. The lowest BCUT2D eigenvalue weighted by molar-refractivity contribution is 0.0944. The average molecular weight is 502 g/mol. The predicted molar refractivity (Wildman–Crippen MR) is 142 cm³/mol. The second-order valence-electron chi connectivity index (χ2n) is 8.73. The van der Waals surface area contributed by atoms with Crippen molar-refractivity contribution >= 4 is 35.0 Å². The Morgan fingerprint density at radius 2 is 1.78 bits per heavy atom. The van der Waals surface area contributed by atoms with Crippen LogP contribution in [0.25, 0.3) is 6.08 Å². The molecule has 2 atom stereocenters. The van der Waals surface area contributed by atoms with Gasteiger partial charge in [0.1, 0.15) is 11.5 Å². The van der Waals surface area contributed by atoms with Crippen molar-refractivity contribution in [1.82, 2.24) is 10.3 Å². The molecule has 8 heteroatoms. The van der Waals surface area contributed by atoms with Gasteiger partial charge in [-0.2, -0.15) is 5.10 Å². The number of thiocarbonyl (C=S) groups is 1. The minimum absolute atomic E-state index is 0.134. The van der Waals surface area contributed by atoms with Crippen molar-refractivity contribution in [3.05, 3.63) is 89.4 Å². The van der Waals surface area contributed by atoms with Crippen LogP contribution in [0.15, 0.2) is 82.0 Å². The summed E-state index contributed by atoms with van der Waals surface area (Å²) in [6, 6.07) is 19.1. The van der Waals surface area contributed by atoms with Gasteiger partial charge in [0.2, 0.25) is 0 Å². The summed E-state index contributed by atoms with van der Waals surface area (Å²) in [6.07, 6.45) is 6.58. The summed E-state index contributed by atoms with van der Waals surface area (Å²) in [4.78, 5) is 12.7. The average Bonchev–Trinajstić information content (AvgIpc) is 3.58. The molecule has 1 aliphatic heterocycles. The highest BCUT2D eigenvalue weighted by atomic mass is 32.1. The number of carbonyl (C=O) groups is 1. The second-order valence-corrected chi connectivity index (χ2v) is 9.11. The molecule has 3 aromatic rings. The molecule has 1 N–H and O–H groups in total. The Morgan fingerprint density at radius 3 is 2.42 bits per heavy atom. The minimum atomic E-state index is -0.400. The van der Waals surface area contributed by atoms with Crippen LogP contribution in [-0.4, -0.2) is 36.0 Å². The largest absolute Gasteiger partial charge is 0.497 e. The number of furan rings is 1. The first-order valence-electron chi connectivity index (χ1n) is 11.8. The number of carbonyl (C=O) groups excluding carboxylic acids is 1. The topological polar surface area (TPSA) is 76.3 Å². The van der Waals surface area contributed by atoms with E-state index in [-0.39, 0.29) is 22.8 Å². The van der Waals surface area contributed by atoms with Gasteiger partial charge in [-0.1, -0.05) is 24.3 Å². The molecule has 1 amide bonds. The number of ether oxygens (including phenoxy) is 2. The van der Waals surface area contributed by atoms with Crippen molar-refractivity contribution in [3.63, 3.8) is 0 Å². The highest BCUT2D eigenvalue weighted by Crippen LogP contribution is 2.44. The third-order valence-corrected chi connectivity index (χ3v) is 6.88. The molecule has 184 valence electrons. The van der Waals surface area contributed by atoms with Crippen LogP contribution in [0.2, 0.25) is 0 Å². The summed E-state index contributed by atoms with van der Waals surface area (Å²) in [5.74, 6) is 1.53. The first-order valence-corrected chi connectivity index (χ1v) is 12.2. The SMILES string of the molecule is COc1ccc(/C=C2/CCC[C@H]3C2=NN(C(=S)NC(=O)c2ccco2)[C@@H]3c2ccc(OC)cc2)cc1. The Hall–Kier alpha value is -3.91. The Kier molecular flexibility index (Phi) is 6.86. The standard InChI is InChI=1S/C28H27N3O4S/c1-33-21-12-8-18(9-13-21)17-20-5-3-6-23-25(20)30-31(26(23)19-10-14-22(34-2)15-11-19)28(36)29-27(32)24-7-4-16-35-24/h4,7-17,23,26H,3,5-6H2,1-2H3,(H,29,32,36)/b20-17-/t23-,26+/m0/s1. The van der Waals surface area contributed by atoms with Crippen molar-refractivity contribution in [2.24, 2.45) is 11.0 Å². The maximum Gasteiger partial charge on any atom is 0.293 e. The van der Waals surface area contributed by atoms with Crippen LogP contribution in [0.5, 0.6) is 11.5 Å². The van der Waals surface area contributed by atoms with E-state index >= 15 is 0 Å². The van der Waals surface area contributed by atoms with Crippen LogP contribution in [-0.2, 0) is 0 Å². The van der Waals surface area contributed by atoms with Crippen LogP contribution >= 0.6 is 12.2 Å². The lowest BCUT2D eigenvalue weighted by Crippen LogP contribution is -2.41. The van der Waals surface area contributed by atoms with Gasteiger partial charge in [-0.05, 0) is 90.7 Å². The van der Waals surface area contributed by atoms with Gasteiger partial charge in [0, 0.05) is 5.92 Å². The number of nitrogens with one attached hydrogen (secondary N) is 1. The van der Waals surface area contributed by atoms with Crippen molar-refractivity contribution in [2.75, 3.05) is 14.2 Å². The number of nitrogens with zero attached hydrogens (tertiary/aromatic N) is 2. The fraction of sp³-hybridized carbons (Fsp3) is 0.250. The van der Waals surface area contributed by atoms with Gasteiger partial charge in [-0.3, -0.25) is 10.1 Å². The monoisotopic (exact) mass is 501 g/mol. The molecule has 1 fully saturated rings. The minimum Gasteiger partial charge on any atom is -0.497 e. The predicted octanol–water partition coefficient (Wildman–Crippen LogP) is 5.61. The highest BCUT2D eigenvalue weighted by Gasteiger charge is 2.43. The van der Waals surface area contributed by atoms with E-state index in [1.807, 2.05) is 48.5 Å². The van der Waals surface area contributed by atoms with E-state index in [2.05, 4.69) is 11.4 Å². The number of hydrazone groups is 1. The van der Waals surface area contributed by atoms with E-state index in [9.17, 15) is 4.79 Å². The third kappa shape index (κ3) is 4.77. The van der Waals surface area contributed by atoms with Gasteiger partial charge in [0.05, 0.1) is 32.2 Å². The molecule has 36 heavy (non-hydrogen) atoms. The zero-order chi connectivity index (χ0) is 25.1. The Bertz CT molecular complexity index is 1300. The molecule has 2 heterocycles. The molecule has 0 spiro atoms. The van der Waals surface area contributed by atoms with Crippen LogP contribution < -0.4 is 14.8 Å². The normalized spacial score (nSPS) is 20.0. The molecular weight excluding hydrogens is 474 g/mol. The summed E-state index contributed by atoms with van der Waals surface area (Å²) in [7, 11) is 3.31. The van der Waals surface area contributed by atoms with Crippen molar-refractivity contribution in [1.29, 1.82) is 0 Å². The summed E-state index contributed by atoms with van der Waals surface area (Å²) < 4.78 is 15.9. The second kappa shape index (κ2) is 10.4. The Labute approximate surface area is 215 Å². The third-order valence-electron chi connectivity index (χ3n) is 6.59. The van der Waals surface area contributed by atoms with Gasteiger partial charge < -0.3 is 13.9 Å². The molecule has 1 saturated carbocycles. The molecule has 0 unspecified atom stereocenters. The van der Waals surface area contributed by atoms with Gasteiger partial charge in [-0.15, -0.1) is 0 Å². The quantitative estimate of drug-likeness (QED) is 0.458. The van der Waals surface area contributed by atoms with Gasteiger partial charge in [-0.25, -0.2) is 5.01 Å². The van der Waals surface area contributed by atoms with Crippen LogP contribution in [0, 0.1) is 5.92 Å². The summed E-state index contributed by atoms with van der Waals surface area (Å²) in [5, 5.41) is 9.80. The van der Waals surface area contributed by atoms with Crippen LogP contribution in [0.1, 0.15) is 47.0 Å². The molecule has 2 aromatic carbocycles. The molecule has 5 rings (SSSR count). The number of allylic oxidation sites excluding steroid dienone is 1. The lowest BCUT2D eigenvalue weighted by Gasteiger charge is -2.30. The fourth-order valence-electron chi connectivity index (χ4n) is 4.83. The number of fused-ring (bicyclic) bond motifs is 1. The van der Waals surface area contributed by atoms with Crippen LogP contribution in [0.4, 0.5) is 0 Å². The van der Waals surface area contributed by atoms with Gasteiger partial charge in [0.15, 0.2) is 10.9 Å². The number of hydrogen-bond donors (Lipinski definition) is 1. The van der Waals surface area contributed by atoms with Gasteiger partial charge >= 0.3 is 0 Å². The van der Waals surface area contributed by atoms with E-state index in [1.54, 1.807) is 31.4 Å². The lowest BCUT2D eigenvalue weighted by atomic mass is 9.77.